The first-order chi connectivity index (χ1) is 10.3. The molecule has 2 aromatic rings. The maximum Gasteiger partial charge on any atom is 0.241 e. The standard InChI is InChI=1S/C14H20N4O2S/c1-17(4-5-18-6-8-19-9-7-18)11-13-15-14(16-20-13)12-3-2-10-21-12/h2-3,10H,4-9,11H2,1H3. The van der Waals surface area contributed by atoms with Gasteiger partial charge in [-0.2, -0.15) is 4.98 Å². The van der Waals surface area contributed by atoms with Gasteiger partial charge in [0.2, 0.25) is 11.7 Å². The fourth-order valence-electron chi connectivity index (χ4n) is 2.27. The fourth-order valence-corrected chi connectivity index (χ4v) is 2.92. The minimum absolute atomic E-state index is 0.669. The summed E-state index contributed by atoms with van der Waals surface area (Å²) in [7, 11) is 2.08. The van der Waals surface area contributed by atoms with Gasteiger partial charge in [-0.25, -0.2) is 0 Å². The van der Waals surface area contributed by atoms with Gasteiger partial charge in [-0.3, -0.25) is 9.80 Å². The molecule has 3 heterocycles. The monoisotopic (exact) mass is 308 g/mol. The Kier molecular flexibility index (Phi) is 4.97. The van der Waals surface area contributed by atoms with Crippen molar-refractivity contribution in [2.75, 3.05) is 46.4 Å². The topological polar surface area (TPSA) is 54.6 Å². The Labute approximate surface area is 128 Å². The highest BCUT2D eigenvalue weighted by Gasteiger charge is 2.13. The second-order valence-electron chi connectivity index (χ2n) is 5.18. The number of morpholine rings is 1. The van der Waals surface area contributed by atoms with Gasteiger partial charge >= 0.3 is 0 Å². The number of likely N-dealkylation sites (N-methyl/N-ethyl adjacent to an activating group) is 1. The van der Waals surface area contributed by atoms with Gasteiger partial charge in [0.25, 0.3) is 0 Å². The lowest BCUT2D eigenvalue weighted by atomic mass is 10.4. The van der Waals surface area contributed by atoms with Crippen LogP contribution in [0.4, 0.5) is 0 Å². The number of aromatic nitrogens is 2. The second-order valence-corrected chi connectivity index (χ2v) is 6.13. The van der Waals surface area contributed by atoms with Gasteiger partial charge in [-0.05, 0) is 18.5 Å². The number of ether oxygens (including phenoxy) is 1. The third-order valence-electron chi connectivity index (χ3n) is 3.52. The van der Waals surface area contributed by atoms with Crippen LogP contribution in [0.3, 0.4) is 0 Å². The zero-order valence-corrected chi connectivity index (χ0v) is 13.0. The van der Waals surface area contributed by atoms with Crippen molar-refractivity contribution < 1.29 is 9.26 Å². The first-order valence-electron chi connectivity index (χ1n) is 7.16. The predicted octanol–water partition coefficient (Wildman–Crippen LogP) is 1.56. The van der Waals surface area contributed by atoms with E-state index in [0.29, 0.717) is 18.3 Å². The smallest absolute Gasteiger partial charge is 0.241 e. The van der Waals surface area contributed by atoms with E-state index in [1.807, 2.05) is 17.5 Å². The lowest BCUT2D eigenvalue weighted by Gasteiger charge is -2.28. The molecule has 0 unspecified atom stereocenters. The SMILES string of the molecule is CN(CCN1CCOCC1)Cc1nc(-c2cccs2)no1. The molecule has 0 atom stereocenters. The van der Waals surface area contributed by atoms with Crippen LogP contribution in [0.25, 0.3) is 10.7 Å². The summed E-state index contributed by atoms with van der Waals surface area (Å²) in [4.78, 5) is 10.1. The Hall–Kier alpha value is -1.28. The largest absolute Gasteiger partial charge is 0.379 e. The molecular weight excluding hydrogens is 288 g/mol. The quantitative estimate of drug-likeness (QED) is 0.807. The predicted molar refractivity (Wildman–Crippen MR) is 81.2 cm³/mol. The molecule has 114 valence electrons. The number of hydrogen-bond acceptors (Lipinski definition) is 7. The summed E-state index contributed by atoms with van der Waals surface area (Å²) in [5, 5.41) is 6.05. The van der Waals surface area contributed by atoms with Crippen LogP contribution in [-0.2, 0) is 11.3 Å². The van der Waals surface area contributed by atoms with Crippen LogP contribution in [0.15, 0.2) is 22.0 Å². The molecule has 0 bridgehead atoms. The number of hydrogen-bond donors (Lipinski definition) is 0. The van der Waals surface area contributed by atoms with E-state index in [2.05, 4.69) is 27.0 Å². The molecule has 0 N–H and O–H groups in total. The average molecular weight is 308 g/mol. The first kappa shape index (κ1) is 14.6. The number of rotatable bonds is 6. The summed E-state index contributed by atoms with van der Waals surface area (Å²) >= 11 is 1.62. The molecule has 0 aliphatic carbocycles. The van der Waals surface area contributed by atoms with Crippen LogP contribution in [0, 0.1) is 0 Å². The van der Waals surface area contributed by atoms with Crippen LogP contribution in [0.1, 0.15) is 5.89 Å². The molecular formula is C14H20N4O2S. The highest BCUT2D eigenvalue weighted by molar-refractivity contribution is 7.13. The molecule has 7 heteroatoms. The van der Waals surface area contributed by atoms with Crippen molar-refractivity contribution in [1.29, 1.82) is 0 Å². The van der Waals surface area contributed by atoms with Gasteiger partial charge in [0.05, 0.1) is 24.6 Å². The van der Waals surface area contributed by atoms with Crippen LogP contribution < -0.4 is 0 Å². The minimum atomic E-state index is 0.669. The van der Waals surface area contributed by atoms with Crippen molar-refractivity contribution >= 4 is 11.3 Å². The highest BCUT2D eigenvalue weighted by Crippen LogP contribution is 2.21. The molecule has 1 aliphatic rings. The zero-order valence-electron chi connectivity index (χ0n) is 12.2. The normalized spacial score (nSPS) is 16.7. The molecule has 2 aromatic heterocycles. The third kappa shape index (κ3) is 4.10. The van der Waals surface area contributed by atoms with Gasteiger partial charge < -0.3 is 9.26 Å². The van der Waals surface area contributed by atoms with Crippen molar-refractivity contribution in [3.8, 4) is 10.7 Å². The van der Waals surface area contributed by atoms with Crippen LogP contribution >= 0.6 is 11.3 Å². The van der Waals surface area contributed by atoms with Crippen molar-refractivity contribution in [3.05, 3.63) is 23.4 Å². The van der Waals surface area contributed by atoms with Gasteiger partial charge in [0, 0.05) is 26.2 Å². The summed E-state index contributed by atoms with van der Waals surface area (Å²) < 4.78 is 10.7. The van der Waals surface area contributed by atoms with Crippen molar-refractivity contribution in [2.45, 2.75) is 6.54 Å². The maximum atomic E-state index is 5.35. The van der Waals surface area contributed by atoms with Crippen molar-refractivity contribution in [2.24, 2.45) is 0 Å². The Morgan fingerprint density at radius 3 is 3.00 bits per heavy atom. The van der Waals surface area contributed by atoms with E-state index in [-0.39, 0.29) is 0 Å². The maximum absolute atomic E-state index is 5.35. The summed E-state index contributed by atoms with van der Waals surface area (Å²) in [6, 6.07) is 3.99. The molecule has 1 aliphatic heterocycles. The van der Waals surface area contributed by atoms with E-state index in [0.717, 1.165) is 44.3 Å². The molecule has 0 aromatic carbocycles. The van der Waals surface area contributed by atoms with Crippen LogP contribution in [-0.4, -0.2) is 66.4 Å². The summed E-state index contributed by atoms with van der Waals surface area (Å²) in [6.07, 6.45) is 0. The molecule has 0 spiro atoms. The molecule has 0 saturated carbocycles. The highest BCUT2D eigenvalue weighted by atomic mass is 32.1. The third-order valence-corrected chi connectivity index (χ3v) is 4.38. The summed E-state index contributed by atoms with van der Waals surface area (Å²) in [5.41, 5.74) is 0. The van der Waals surface area contributed by atoms with E-state index in [1.54, 1.807) is 11.3 Å². The van der Waals surface area contributed by atoms with Crippen molar-refractivity contribution in [3.63, 3.8) is 0 Å². The molecule has 0 radical (unpaired) electrons. The van der Waals surface area contributed by atoms with Crippen LogP contribution in [0.5, 0.6) is 0 Å². The van der Waals surface area contributed by atoms with Crippen molar-refractivity contribution in [1.82, 2.24) is 19.9 Å². The van der Waals surface area contributed by atoms with Gasteiger partial charge in [-0.15, -0.1) is 11.3 Å². The molecule has 21 heavy (non-hydrogen) atoms. The van der Waals surface area contributed by atoms with E-state index in [9.17, 15) is 0 Å². The van der Waals surface area contributed by atoms with E-state index in [4.69, 9.17) is 9.26 Å². The van der Waals surface area contributed by atoms with Crippen LogP contribution in [0.2, 0.25) is 0 Å². The molecule has 0 amide bonds. The first-order valence-corrected chi connectivity index (χ1v) is 8.04. The molecule has 3 rings (SSSR count). The Morgan fingerprint density at radius 2 is 2.24 bits per heavy atom. The molecule has 6 nitrogen and oxygen atoms in total. The van der Waals surface area contributed by atoms with E-state index in [1.165, 1.54) is 0 Å². The zero-order chi connectivity index (χ0) is 14.5. The fraction of sp³-hybridized carbons (Fsp3) is 0.571. The van der Waals surface area contributed by atoms with E-state index < -0.39 is 0 Å². The lowest BCUT2D eigenvalue weighted by molar-refractivity contribution is 0.0338. The Bertz CT molecular complexity index is 537. The number of nitrogens with zero attached hydrogens (tertiary/aromatic N) is 4. The molecule has 1 saturated heterocycles. The van der Waals surface area contributed by atoms with Gasteiger partial charge in [-0.1, -0.05) is 11.2 Å². The second kappa shape index (κ2) is 7.13. The Balaban J connectivity index is 1.47. The van der Waals surface area contributed by atoms with Gasteiger partial charge in [0.1, 0.15) is 0 Å². The number of thiophene rings is 1. The summed E-state index contributed by atoms with van der Waals surface area (Å²) in [5.74, 6) is 1.35. The Morgan fingerprint density at radius 1 is 1.38 bits per heavy atom. The summed E-state index contributed by atoms with van der Waals surface area (Å²) in [6.45, 7) is 6.45. The minimum Gasteiger partial charge on any atom is -0.379 e. The molecule has 1 fully saturated rings. The van der Waals surface area contributed by atoms with E-state index >= 15 is 0 Å². The van der Waals surface area contributed by atoms with Gasteiger partial charge in [0.15, 0.2) is 0 Å². The average Bonchev–Trinajstić information content (AvgIpc) is 3.17. The lowest BCUT2D eigenvalue weighted by Crippen LogP contribution is -2.40.